The van der Waals surface area contributed by atoms with Gasteiger partial charge in [-0.2, -0.15) is 0 Å². The van der Waals surface area contributed by atoms with Crippen LogP contribution in [0.5, 0.6) is 0 Å². The van der Waals surface area contributed by atoms with Gasteiger partial charge in [0.25, 0.3) is 0 Å². The molecule has 4 heteroatoms. The third-order valence-electron chi connectivity index (χ3n) is 2.93. The van der Waals surface area contributed by atoms with Gasteiger partial charge in [0.15, 0.2) is 0 Å². The molecule has 0 saturated carbocycles. The SMILES string of the molecule is COC(=O)C1CCCN1c1cccc(N)c1. The van der Waals surface area contributed by atoms with Gasteiger partial charge in [-0.3, -0.25) is 0 Å². The van der Waals surface area contributed by atoms with E-state index in [9.17, 15) is 4.79 Å². The number of esters is 1. The molecule has 1 unspecified atom stereocenters. The Morgan fingerprint density at radius 3 is 3.06 bits per heavy atom. The van der Waals surface area contributed by atoms with Gasteiger partial charge in [0, 0.05) is 17.9 Å². The summed E-state index contributed by atoms with van der Waals surface area (Å²) in [5, 5.41) is 0. The van der Waals surface area contributed by atoms with Gasteiger partial charge in [0.05, 0.1) is 7.11 Å². The first-order valence-corrected chi connectivity index (χ1v) is 5.42. The highest BCUT2D eigenvalue weighted by atomic mass is 16.5. The summed E-state index contributed by atoms with van der Waals surface area (Å²) in [7, 11) is 1.43. The van der Waals surface area contributed by atoms with Crippen LogP contribution in [-0.2, 0) is 9.53 Å². The molecule has 0 aromatic heterocycles. The highest BCUT2D eigenvalue weighted by Crippen LogP contribution is 2.27. The molecular weight excluding hydrogens is 204 g/mol. The topological polar surface area (TPSA) is 55.6 Å². The fourth-order valence-corrected chi connectivity index (χ4v) is 2.16. The molecule has 1 fully saturated rings. The Morgan fingerprint density at radius 2 is 2.38 bits per heavy atom. The second-order valence-corrected chi connectivity index (χ2v) is 3.97. The van der Waals surface area contributed by atoms with Gasteiger partial charge in [-0.05, 0) is 31.0 Å². The Bertz CT molecular complexity index is 392. The highest BCUT2D eigenvalue weighted by molar-refractivity contribution is 5.81. The summed E-state index contributed by atoms with van der Waals surface area (Å²) in [5.41, 5.74) is 7.45. The molecule has 86 valence electrons. The van der Waals surface area contributed by atoms with Crippen molar-refractivity contribution in [3.05, 3.63) is 24.3 Å². The molecule has 4 nitrogen and oxygen atoms in total. The van der Waals surface area contributed by atoms with E-state index in [1.165, 1.54) is 7.11 Å². The lowest BCUT2D eigenvalue weighted by molar-refractivity contribution is -0.141. The predicted octanol–water partition coefficient (Wildman–Crippen LogP) is 1.41. The van der Waals surface area contributed by atoms with Crippen molar-refractivity contribution in [2.24, 2.45) is 0 Å². The lowest BCUT2D eigenvalue weighted by atomic mass is 10.2. The second kappa shape index (κ2) is 4.43. The smallest absolute Gasteiger partial charge is 0.328 e. The minimum absolute atomic E-state index is 0.160. The standard InChI is InChI=1S/C12H16N2O2/c1-16-12(15)11-6-3-7-14(11)10-5-2-4-9(13)8-10/h2,4-5,8,11H,3,6-7,13H2,1H3. The van der Waals surface area contributed by atoms with Crippen LogP contribution in [0.1, 0.15) is 12.8 Å². The number of ether oxygens (including phenoxy) is 1. The Labute approximate surface area is 95.0 Å². The van der Waals surface area contributed by atoms with Crippen LogP contribution < -0.4 is 10.6 Å². The normalized spacial score (nSPS) is 19.8. The van der Waals surface area contributed by atoms with Crippen LogP contribution in [0.25, 0.3) is 0 Å². The van der Waals surface area contributed by atoms with Crippen LogP contribution in [0.4, 0.5) is 11.4 Å². The number of hydrogen-bond donors (Lipinski definition) is 1. The lowest BCUT2D eigenvalue weighted by Gasteiger charge is -2.24. The van der Waals surface area contributed by atoms with Gasteiger partial charge in [0.2, 0.25) is 0 Å². The summed E-state index contributed by atoms with van der Waals surface area (Å²) < 4.78 is 4.80. The van der Waals surface area contributed by atoms with Crippen LogP contribution in [0.15, 0.2) is 24.3 Å². The summed E-state index contributed by atoms with van der Waals surface area (Å²) in [4.78, 5) is 13.6. The van der Waals surface area contributed by atoms with Crippen molar-refractivity contribution in [2.75, 3.05) is 24.3 Å². The third-order valence-corrected chi connectivity index (χ3v) is 2.93. The fourth-order valence-electron chi connectivity index (χ4n) is 2.16. The fraction of sp³-hybridized carbons (Fsp3) is 0.417. The molecule has 1 aliphatic heterocycles. The number of nitrogens with zero attached hydrogens (tertiary/aromatic N) is 1. The molecule has 0 bridgehead atoms. The van der Waals surface area contributed by atoms with Crippen molar-refractivity contribution in [3.63, 3.8) is 0 Å². The van der Waals surface area contributed by atoms with E-state index in [1.54, 1.807) is 0 Å². The summed E-state index contributed by atoms with van der Waals surface area (Å²) in [6.07, 6.45) is 1.86. The first kappa shape index (κ1) is 10.8. The van der Waals surface area contributed by atoms with Crippen LogP contribution in [0.2, 0.25) is 0 Å². The third kappa shape index (κ3) is 1.96. The Kier molecular flexibility index (Phi) is 2.99. The zero-order valence-corrected chi connectivity index (χ0v) is 9.35. The molecule has 1 heterocycles. The van der Waals surface area contributed by atoms with E-state index in [0.717, 1.165) is 25.1 Å². The van der Waals surface area contributed by atoms with Gasteiger partial charge >= 0.3 is 5.97 Å². The quantitative estimate of drug-likeness (QED) is 0.605. The molecule has 0 spiro atoms. The molecule has 1 saturated heterocycles. The first-order valence-electron chi connectivity index (χ1n) is 5.42. The largest absolute Gasteiger partial charge is 0.467 e. The minimum Gasteiger partial charge on any atom is -0.467 e. The zero-order chi connectivity index (χ0) is 11.5. The van der Waals surface area contributed by atoms with Gasteiger partial charge < -0.3 is 15.4 Å². The number of hydrogen-bond acceptors (Lipinski definition) is 4. The predicted molar refractivity (Wildman–Crippen MR) is 63.2 cm³/mol. The molecular formula is C12H16N2O2. The number of benzene rings is 1. The number of anilines is 2. The van der Waals surface area contributed by atoms with Crippen LogP contribution in [-0.4, -0.2) is 25.7 Å². The van der Waals surface area contributed by atoms with Crippen LogP contribution in [0.3, 0.4) is 0 Å². The van der Waals surface area contributed by atoms with E-state index in [2.05, 4.69) is 4.90 Å². The minimum atomic E-state index is -0.167. The van der Waals surface area contributed by atoms with Crippen molar-refractivity contribution < 1.29 is 9.53 Å². The van der Waals surface area contributed by atoms with Crippen LogP contribution in [0, 0.1) is 0 Å². The van der Waals surface area contributed by atoms with E-state index >= 15 is 0 Å². The molecule has 2 N–H and O–H groups in total. The van der Waals surface area contributed by atoms with Crippen molar-refractivity contribution in [1.29, 1.82) is 0 Å². The molecule has 0 radical (unpaired) electrons. The number of carbonyl (C=O) groups excluding carboxylic acids is 1. The Morgan fingerprint density at radius 1 is 1.56 bits per heavy atom. The molecule has 1 aliphatic rings. The van der Waals surface area contributed by atoms with Gasteiger partial charge in [-0.25, -0.2) is 4.79 Å². The molecule has 0 amide bonds. The number of methoxy groups -OCH3 is 1. The molecule has 1 aromatic rings. The molecule has 0 aliphatic carbocycles. The average molecular weight is 220 g/mol. The maximum absolute atomic E-state index is 11.6. The first-order chi connectivity index (χ1) is 7.72. The molecule has 1 atom stereocenters. The Hall–Kier alpha value is -1.71. The van der Waals surface area contributed by atoms with Gasteiger partial charge in [-0.15, -0.1) is 0 Å². The summed E-state index contributed by atoms with van der Waals surface area (Å²) in [6.45, 7) is 0.878. The average Bonchev–Trinajstić information content (AvgIpc) is 2.77. The summed E-state index contributed by atoms with van der Waals surface area (Å²) in [6, 6.07) is 7.44. The number of nitrogens with two attached hydrogens (primary N) is 1. The van der Waals surface area contributed by atoms with E-state index in [4.69, 9.17) is 10.5 Å². The summed E-state index contributed by atoms with van der Waals surface area (Å²) in [5.74, 6) is -0.167. The zero-order valence-electron chi connectivity index (χ0n) is 9.35. The summed E-state index contributed by atoms with van der Waals surface area (Å²) >= 11 is 0. The maximum atomic E-state index is 11.6. The molecule has 2 rings (SSSR count). The Balaban J connectivity index is 2.23. The molecule has 1 aromatic carbocycles. The monoisotopic (exact) mass is 220 g/mol. The second-order valence-electron chi connectivity index (χ2n) is 3.97. The van der Waals surface area contributed by atoms with Crippen molar-refractivity contribution in [2.45, 2.75) is 18.9 Å². The van der Waals surface area contributed by atoms with E-state index in [1.807, 2.05) is 24.3 Å². The number of carbonyl (C=O) groups is 1. The van der Waals surface area contributed by atoms with E-state index in [0.29, 0.717) is 5.69 Å². The van der Waals surface area contributed by atoms with Gasteiger partial charge in [0.1, 0.15) is 6.04 Å². The van der Waals surface area contributed by atoms with Crippen molar-refractivity contribution in [3.8, 4) is 0 Å². The van der Waals surface area contributed by atoms with Crippen LogP contribution >= 0.6 is 0 Å². The number of nitrogen functional groups attached to an aromatic ring is 1. The van der Waals surface area contributed by atoms with E-state index < -0.39 is 0 Å². The maximum Gasteiger partial charge on any atom is 0.328 e. The van der Waals surface area contributed by atoms with Gasteiger partial charge in [-0.1, -0.05) is 6.07 Å². The van der Waals surface area contributed by atoms with Crippen molar-refractivity contribution in [1.82, 2.24) is 0 Å². The van der Waals surface area contributed by atoms with Crippen molar-refractivity contribution >= 4 is 17.3 Å². The highest BCUT2D eigenvalue weighted by Gasteiger charge is 2.31. The lowest BCUT2D eigenvalue weighted by Crippen LogP contribution is -2.36. The van der Waals surface area contributed by atoms with E-state index in [-0.39, 0.29) is 12.0 Å². The number of rotatable bonds is 2. The molecule has 16 heavy (non-hydrogen) atoms.